The summed E-state index contributed by atoms with van der Waals surface area (Å²) in [6.45, 7) is 0. The van der Waals surface area contributed by atoms with Crippen LogP contribution in [0.5, 0.6) is 0 Å². The van der Waals surface area contributed by atoms with Gasteiger partial charge in [-0.25, -0.2) is 0 Å². The molecule has 0 N–H and O–H groups in total. The van der Waals surface area contributed by atoms with Gasteiger partial charge in [-0.05, 0) is 12.1 Å². The zero-order valence-corrected chi connectivity index (χ0v) is 6.95. The maximum atomic E-state index is 11.2. The van der Waals surface area contributed by atoms with E-state index in [1.807, 2.05) is 6.07 Å². The van der Waals surface area contributed by atoms with E-state index >= 15 is 0 Å². The first-order chi connectivity index (χ1) is 6.27. The molecule has 0 saturated carbocycles. The number of ketones is 1. The van der Waals surface area contributed by atoms with E-state index in [0.717, 1.165) is 0 Å². The van der Waals surface area contributed by atoms with E-state index < -0.39 is 0 Å². The third-order valence-corrected chi connectivity index (χ3v) is 1.60. The van der Waals surface area contributed by atoms with Gasteiger partial charge < -0.3 is 0 Å². The molecule has 2 nitrogen and oxygen atoms in total. The summed E-state index contributed by atoms with van der Waals surface area (Å²) in [5.74, 6) is 2.19. The van der Waals surface area contributed by atoms with Crippen LogP contribution in [0.4, 0.5) is 0 Å². The molecule has 0 aliphatic carbocycles. The lowest BCUT2D eigenvalue weighted by Crippen LogP contribution is -1.96. The molecule has 0 amide bonds. The highest BCUT2D eigenvalue weighted by Crippen LogP contribution is 2.05. The van der Waals surface area contributed by atoms with Gasteiger partial charge in [0, 0.05) is 5.56 Å². The number of carbonyl (C=O) groups excluding carboxylic acids is 1. The second kappa shape index (κ2) is 4.09. The molecule has 0 aromatic heterocycles. The van der Waals surface area contributed by atoms with Gasteiger partial charge in [-0.15, -0.1) is 6.42 Å². The van der Waals surface area contributed by atoms with Crippen molar-refractivity contribution in [1.29, 1.82) is 5.26 Å². The molecule has 0 aliphatic heterocycles. The smallest absolute Gasteiger partial charge is 0.174 e. The Kier molecular flexibility index (Phi) is 2.84. The van der Waals surface area contributed by atoms with E-state index in [1.165, 1.54) is 0 Å². The monoisotopic (exact) mass is 169 g/mol. The van der Waals surface area contributed by atoms with Crippen LogP contribution < -0.4 is 0 Å². The number of carbonyl (C=O) groups is 1. The number of nitrogens with zero attached hydrogens (tertiary/aromatic N) is 1. The van der Waals surface area contributed by atoms with E-state index in [0.29, 0.717) is 11.1 Å². The molecule has 1 aromatic carbocycles. The lowest BCUT2D eigenvalue weighted by Gasteiger charge is -1.95. The summed E-state index contributed by atoms with van der Waals surface area (Å²) in [6, 6.07) is 8.39. The van der Waals surface area contributed by atoms with Crippen LogP contribution in [0, 0.1) is 23.7 Å². The molecule has 0 unspecified atom stereocenters. The highest BCUT2D eigenvalue weighted by Gasteiger charge is 2.02. The summed E-state index contributed by atoms with van der Waals surface area (Å²) in [7, 11) is 0. The predicted octanol–water partition coefficient (Wildman–Crippen LogP) is 1.76. The van der Waals surface area contributed by atoms with Gasteiger partial charge in [0.05, 0.1) is 18.1 Å². The highest BCUT2D eigenvalue weighted by molar-refractivity contribution is 5.97. The van der Waals surface area contributed by atoms with Crippen LogP contribution in [0.2, 0.25) is 0 Å². The van der Waals surface area contributed by atoms with E-state index in [9.17, 15) is 4.79 Å². The molecular formula is C11H7NO. The van der Waals surface area contributed by atoms with Crippen molar-refractivity contribution in [2.45, 2.75) is 6.42 Å². The third-order valence-electron chi connectivity index (χ3n) is 1.60. The normalized spacial score (nSPS) is 8.46. The maximum Gasteiger partial charge on any atom is 0.174 e. The quantitative estimate of drug-likeness (QED) is 0.500. The number of hydrogen-bond acceptors (Lipinski definition) is 2. The van der Waals surface area contributed by atoms with Crippen molar-refractivity contribution in [1.82, 2.24) is 0 Å². The molecule has 13 heavy (non-hydrogen) atoms. The second-order valence-corrected chi connectivity index (χ2v) is 2.49. The Labute approximate surface area is 76.8 Å². The van der Waals surface area contributed by atoms with Crippen molar-refractivity contribution in [3.05, 3.63) is 35.4 Å². The van der Waals surface area contributed by atoms with Crippen molar-refractivity contribution >= 4 is 5.78 Å². The minimum Gasteiger partial charge on any atom is -0.293 e. The Balaban J connectivity index is 2.89. The van der Waals surface area contributed by atoms with Gasteiger partial charge in [-0.3, -0.25) is 4.79 Å². The fourth-order valence-corrected chi connectivity index (χ4v) is 0.925. The molecule has 0 atom stereocenters. The molecule has 1 rings (SSSR count). The Morgan fingerprint density at radius 2 is 2.00 bits per heavy atom. The molecule has 0 radical (unpaired) electrons. The SMILES string of the molecule is C#CCC(=O)c1ccc(C#N)cc1. The highest BCUT2D eigenvalue weighted by atomic mass is 16.1. The first kappa shape index (κ1) is 9.03. The summed E-state index contributed by atoms with van der Waals surface area (Å²) in [5, 5.41) is 8.50. The van der Waals surface area contributed by atoms with Crippen LogP contribution in [0.15, 0.2) is 24.3 Å². The molecule has 0 aliphatic rings. The maximum absolute atomic E-state index is 11.2. The van der Waals surface area contributed by atoms with E-state index in [-0.39, 0.29) is 12.2 Å². The van der Waals surface area contributed by atoms with Crippen molar-refractivity contribution in [2.75, 3.05) is 0 Å². The Morgan fingerprint density at radius 1 is 1.38 bits per heavy atom. The molecule has 1 aromatic rings. The Morgan fingerprint density at radius 3 is 2.46 bits per heavy atom. The molecule has 62 valence electrons. The predicted molar refractivity (Wildman–Crippen MR) is 48.9 cm³/mol. The third kappa shape index (κ3) is 2.18. The van der Waals surface area contributed by atoms with Crippen LogP contribution >= 0.6 is 0 Å². The second-order valence-electron chi connectivity index (χ2n) is 2.49. The van der Waals surface area contributed by atoms with Crippen LogP contribution in [-0.4, -0.2) is 5.78 Å². The molecular weight excluding hydrogens is 162 g/mol. The summed E-state index contributed by atoms with van der Waals surface area (Å²) in [6.07, 6.45) is 5.10. The van der Waals surface area contributed by atoms with Gasteiger partial charge in [0.15, 0.2) is 5.78 Å². The summed E-state index contributed by atoms with van der Waals surface area (Å²) >= 11 is 0. The van der Waals surface area contributed by atoms with Gasteiger partial charge >= 0.3 is 0 Å². The van der Waals surface area contributed by atoms with E-state index in [2.05, 4.69) is 5.92 Å². The molecule has 0 saturated heterocycles. The zero-order valence-electron chi connectivity index (χ0n) is 6.95. The lowest BCUT2D eigenvalue weighted by molar-refractivity contribution is 0.0998. The zero-order chi connectivity index (χ0) is 9.68. The Hall–Kier alpha value is -2.06. The number of rotatable bonds is 2. The average molecular weight is 169 g/mol. The van der Waals surface area contributed by atoms with Crippen LogP contribution in [0.1, 0.15) is 22.3 Å². The first-order valence-corrected chi connectivity index (χ1v) is 3.74. The van der Waals surface area contributed by atoms with Crippen LogP contribution in [0.3, 0.4) is 0 Å². The molecule has 0 heterocycles. The van der Waals surface area contributed by atoms with E-state index in [4.69, 9.17) is 11.7 Å². The van der Waals surface area contributed by atoms with Crippen molar-refractivity contribution in [3.8, 4) is 18.4 Å². The lowest BCUT2D eigenvalue weighted by atomic mass is 10.1. The average Bonchev–Trinajstić information content (AvgIpc) is 2.18. The molecule has 0 spiro atoms. The van der Waals surface area contributed by atoms with Gasteiger partial charge in [0.25, 0.3) is 0 Å². The minimum absolute atomic E-state index is 0.0908. The fraction of sp³-hybridized carbons (Fsp3) is 0.0909. The van der Waals surface area contributed by atoms with Crippen LogP contribution in [-0.2, 0) is 0 Å². The minimum atomic E-state index is -0.0908. The van der Waals surface area contributed by atoms with Crippen molar-refractivity contribution < 1.29 is 4.79 Å². The van der Waals surface area contributed by atoms with E-state index in [1.54, 1.807) is 24.3 Å². The number of terminal acetylenes is 1. The summed E-state index contributed by atoms with van der Waals surface area (Å²) < 4.78 is 0. The molecule has 0 bridgehead atoms. The number of nitriles is 1. The van der Waals surface area contributed by atoms with Gasteiger partial charge in [-0.1, -0.05) is 18.1 Å². The fourth-order valence-electron chi connectivity index (χ4n) is 0.925. The van der Waals surface area contributed by atoms with Gasteiger partial charge in [0.1, 0.15) is 0 Å². The van der Waals surface area contributed by atoms with Gasteiger partial charge in [0.2, 0.25) is 0 Å². The first-order valence-electron chi connectivity index (χ1n) is 3.74. The summed E-state index contributed by atoms with van der Waals surface area (Å²) in [4.78, 5) is 11.2. The Bertz CT molecular complexity index is 390. The van der Waals surface area contributed by atoms with Crippen LogP contribution in [0.25, 0.3) is 0 Å². The molecule has 0 fully saturated rings. The largest absolute Gasteiger partial charge is 0.293 e. The van der Waals surface area contributed by atoms with Gasteiger partial charge in [-0.2, -0.15) is 5.26 Å². The topological polar surface area (TPSA) is 40.9 Å². The number of hydrogen-bond donors (Lipinski definition) is 0. The summed E-state index contributed by atoms with van der Waals surface area (Å²) in [5.41, 5.74) is 1.09. The standard InChI is InChI=1S/C11H7NO/c1-2-3-11(13)10-6-4-9(8-12)5-7-10/h1,4-7H,3H2. The van der Waals surface area contributed by atoms with Crippen molar-refractivity contribution in [2.24, 2.45) is 0 Å². The number of Topliss-reactive ketones (excluding diaryl/α,β-unsaturated/α-hetero) is 1. The van der Waals surface area contributed by atoms with Crippen molar-refractivity contribution in [3.63, 3.8) is 0 Å². The molecule has 2 heteroatoms. The number of benzene rings is 1.